The van der Waals surface area contributed by atoms with E-state index >= 15 is 0 Å². The van der Waals surface area contributed by atoms with Gasteiger partial charge in [-0.2, -0.15) is 5.10 Å². The first-order valence-corrected chi connectivity index (χ1v) is 7.35. The number of anilines is 1. The summed E-state index contributed by atoms with van der Waals surface area (Å²) in [5.74, 6) is 0.876. The molecule has 0 saturated carbocycles. The zero-order valence-corrected chi connectivity index (χ0v) is 12.6. The van der Waals surface area contributed by atoms with Crippen molar-refractivity contribution in [2.75, 3.05) is 11.4 Å². The van der Waals surface area contributed by atoms with Gasteiger partial charge < -0.3 is 0 Å². The van der Waals surface area contributed by atoms with E-state index in [9.17, 15) is 4.79 Å². The van der Waals surface area contributed by atoms with E-state index in [4.69, 9.17) is 0 Å². The average molecular weight is 292 g/mol. The second-order valence-electron chi connectivity index (χ2n) is 5.70. The fourth-order valence-corrected chi connectivity index (χ4v) is 3.04. The smallest absolute Gasteiger partial charge is 0.260 e. The topological polar surface area (TPSA) is 51.0 Å². The van der Waals surface area contributed by atoms with Crippen LogP contribution in [0.5, 0.6) is 0 Å². The number of carbonyl (C=O) groups excluding carboxylic acids is 1. The Morgan fingerprint density at radius 2 is 2.00 bits per heavy atom. The van der Waals surface area contributed by atoms with Crippen molar-refractivity contribution in [3.63, 3.8) is 0 Å². The number of fused-ring (bicyclic) bond motifs is 2. The Bertz CT molecular complexity index is 897. The molecule has 110 valence electrons. The van der Waals surface area contributed by atoms with Crippen molar-refractivity contribution in [1.29, 1.82) is 0 Å². The van der Waals surface area contributed by atoms with Gasteiger partial charge in [-0.05, 0) is 32.0 Å². The maximum atomic E-state index is 13.0. The third-order valence-electron chi connectivity index (χ3n) is 4.07. The Morgan fingerprint density at radius 1 is 1.14 bits per heavy atom. The first kappa shape index (κ1) is 13.0. The second kappa shape index (κ2) is 4.66. The summed E-state index contributed by atoms with van der Waals surface area (Å²) in [5.41, 5.74) is 3.55. The van der Waals surface area contributed by atoms with Crippen LogP contribution in [-0.4, -0.2) is 27.2 Å². The molecule has 3 heterocycles. The number of benzene rings is 1. The van der Waals surface area contributed by atoms with Gasteiger partial charge in [-0.25, -0.2) is 4.68 Å². The lowest BCUT2D eigenvalue weighted by molar-refractivity contribution is 0.0991. The maximum absolute atomic E-state index is 13.0. The molecule has 0 aliphatic carbocycles. The lowest BCUT2D eigenvalue weighted by Gasteiger charge is -2.16. The van der Waals surface area contributed by atoms with Gasteiger partial charge in [0.05, 0.1) is 23.8 Å². The molecule has 1 aliphatic rings. The fraction of sp³-hybridized carbons (Fsp3) is 0.235. The van der Waals surface area contributed by atoms with Gasteiger partial charge in [0.15, 0.2) is 0 Å². The maximum Gasteiger partial charge on any atom is 0.260 e. The van der Waals surface area contributed by atoms with Gasteiger partial charge in [-0.15, -0.1) is 0 Å². The summed E-state index contributed by atoms with van der Waals surface area (Å²) < 4.78 is 1.86. The van der Waals surface area contributed by atoms with Crippen LogP contribution in [-0.2, 0) is 6.54 Å². The highest BCUT2D eigenvalue weighted by atomic mass is 16.2. The highest BCUT2D eigenvalue weighted by Crippen LogP contribution is 2.26. The van der Waals surface area contributed by atoms with Crippen molar-refractivity contribution >= 4 is 22.6 Å². The number of hydrogen-bond acceptors (Lipinski definition) is 3. The monoisotopic (exact) mass is 292 g/mol. The van der Waals surface area contributed by atoms with Crippen molar-refractivity contribution in [2.45, 2.75) is 20.4 Å². The first-order chi connectivity index (χ1) is 10.6. The zero-order chi connectivity index (χ0) is 15.3. The normalized spacial score (nSPS) is 13.6. The summed E-state index contributed by atoms with van der Waals surface area (Å²) in [4.78, 5) is 19.4. The van der Waals surface area contributed by atoms with Gasteiger partial charge in [0.2, 0.25) is 0 Å². The van der Waals surface area contributed by atoms with Crippen molar-refractivity contribution < 1.29 is 4.79 Å². The molecular formula is C17H16N4O. The van der Waals surface area contributed by atoms with E-state index in [0.29, 0.717) is 12.1 Å². The van der Waals surface area contributed by atoms with Crippen LogP contribution in [0.4, 0.5) is 5.82 Å². The van der Waals surface area contributed by atoms with E-state index in [0.717, 1.165) is 34.5 Å². The summed E-state index contributed by atoms with van der Waals surface area (Å²) in [5, 5.41) is 5.14. The van der Waals surface area contributed by atoms with Gasteiger partial charge in [0.1, 0.15) is 5.82 Å². The molecule has 2 aromatic heterocycles. The Labute approximate surface area is 128 Å². The van der Waals surface area contributed by atoms with E-state index in [2.05, 4.69) is 10.1 Å². The van der Waals surface area contributed by atoms with Crippen LogP contribution in [0, 0.1) is 13.8 Å². The number of rotatable bonds is 1. The summed E-state index contributed by atoms with van der Waals surface area (Å²) in [6.45, 7) is 5.36. The van der Waals surface area contributed by atoms with Crippen LogP contribution in [0.3, 0.4) is 0 Å². The second-order valence-corrected chi connectivity index (χ2v) is 5.70. The number of aryl methyl sites for hydroxylation is 2. The summed E-state index contributed by atoms with van der Waals surface area (Å²) >= 11 is 0. The van der Waals surface area contributed by atoms with Crippen LogP contribution in [0.1, 0.15) is 21.6 Å². The molecule has 0 N–H and O–H groups in total. The van der Waals surface area contributed by atoms with E-state index < -0.39 is 0 Å². The fourth-order valence-electron chi connectivity index (χ4n) is 3.04. The third kappa shape index (κ3) is 1.89. The highest BCUT2D eigenvalue weighted by molar-refractivity contribution is 6.13. The Morgan fingerprint density at radius 3 is 2.86 bits per heavy atom. The van der Waals surface area contributed by atoms with Crippen LogP contribution < -0.4 is 4.90 Å². The molecule has 0 saturated heterocycles. The molecule has 0 unspecified atom stereocenters. The number of nitrogens with zero attached hydrogens (tertiary/aromatic N) is 4. The van der Waals surface area contributed by atoms with Crippen molar-refractivity contribution in [2.24, 2.45) is 0 Å². The Kier molecular flexibility index (Phi) is 2.76. The van der Waals surface area contributed by atoms with E-state index in [1.165, 1.54) is 0 Å². The molecule has 3 aromatic rings. The van der Waals surface area contributed by atoms with Crippen LogP contribution in [0.2, 0.25) is 0 Å². The lowest BCUT2D eigenvalue weighted by atomic mass is 10.0. The van der Waals surface area contributed by atoms with Crippen LogP contribution in [0.15, 0.2) is 36.5 Å². The molecule has 5 heteroatoms. The van der Waals surface area contributed by atoms with Gasteiger partial charge in [-0.3, -0.25) is 14.7 Å². The predicted octanol–water partition coefficient (Wildman–Crippen LogP) is 2.71. The SMILES string of the molecule is Cc1ccc2nc(C)cc(C(=O)N3CCn4nccc43)c2c1. The minimum Gasteiger partial charge on any atom is -0.291 e. The van der Waals surface area contributed by atoms with Gasteiger partial charge in [-0.1, -0.05) is 11.6 Å². The average Bonchev–Trinajstić information content (AvgIpc) is 3.09. The first-order valence-electron chi connectivity index (χ1n) is 7.35. The van der Waals surface area contributed by atoms with E-state index in [1.54, 1.807) is 11.1 Å². The largest absolute Gasteiger partial charge is 0.291 e. The van der Waals surface area contributed by atoms with Gasteiger partial charge >= 0.3 is 0 Å². The molecule has 5 nitrogen and oxygen atoms in total. The molecule has 1 amide bonds. The summed E-state index contributed by atoms with van der Waals surface area (Å²) in [6, 6.07) is 9.79. The molecule has 0 bridgehead atoms. The number of pyridine rings is 1. The summed E-state index contributed by atoms with van der Waals surface area (Å²) in [6.07, 6.45) is 1.73. The number of carbonyl (C=O) groups is 1. The molecule has 22 heavy (non-hydrogen) atoms. The van der Waals surface area contributed by atoms with Crippen molar-refractivity contribution in [3.8, 4) is 0 Å². The quantitative estimate of drug-likeness (QED) is 0.693. The van der Waals surface area contributed by atoms with Crippen LogP contribution >= 0.6 is 0 Å². The van der Waals surface area contributed by atoms with Crippen molar-refractivity contribution in [1.82, 2.24) is 14.8 Å². The molecule has 0 fully saturated rings. The van der Waals surface area contributed by atoms with Crippen LogP contribution in [0.25, 0.3) is 10.9 Å². The van der Waals surface area contributed by atoms with E-state index in [-0.39, 0.29) is 5.91 Å². The molecule has 1 aromatic carbocycles. The Hall–Kier alpha value is -2.69. The molecule has 0 spiro atoms. The number of hydrogen-bond donors (Lipinski definition) is 0. The third-order valence-corrected chi connectivity index (χ3v) is 4.07. The van der Waals surface area contributed by atoms with Crippen molar-refractivity contribution in [3.05, 3.63) is 53.3 Å². The molecule has 4 rings (SSSR count). The predicted molar refractivity (Wildman–Crippen MR) is 85.1 cm³/mol. The molecule has 0 radical (unpaired) electrons. The van der Waals surface area contributed by atoms with Gasteiger partial charge in [0.25, 0.3) is 5.91 Å². The standard InChI is InChI=1S/C17H16N4O/c1-11-3-4-15-13(9-11)14(10-12(2)19-15)17(22)20-7-8-21-16(20)5-6-18-21/h3-6,9-10H,7-8H2,1-2H3. The van der Waals surface area contributed by atoms with Gasteiger partial charge in [0, 0.05) is 23.7 Å². The highest BCUT2D eigenvalue weighted by Gasteiger charge is 2.27. The zero-order valence-electron chi connectivity index (χ0n) is 12.6. The lowest BCUT2D eigenvalue weighted by Crippen LogP contribution is -2.29. The van der Waals surface area contributed by atoms with E-state index in [1.807, 2.05) is 48.9 Å². The Balaban J connectivity index is 1.87. The minimum absolute atomic E-state index is 0.0142. The minimum atomic E-state index is 0.0142. The number of amides is 1. The number of aromatic nitrogens is 3. The molecular weight excluding hydrogens is 276 g/mol. The molecule has 1 aliphatic heterocycles. The molecule has 0 atom stereocenters. The summed E-state index contributed by atoms with van der Waals surface area (Å²) in [7, 11) is 0.